The van der Waals surface area contributed by atoms with Crippen molar-refractivity contribution >= 4 is 28.7 Å². The summed E-state index contributed by atoms with van der Waals surface area (Å²) < 4.78 is 10.8. The molecule has 0 spiro atoms. The summed E-state index contributed by atoms with van der Waals surface area (Å²) >= 11 is 0. The molecule has 3 aromatic rings. The highest BCUT2D eigenvalue weighted by Crippen LogP contribution is 2.25. The minimum absolute atomic E-state index is 0.0894. The number of aryl methyl sites for hydroxylation is 1. The Morgan fingerprint density at radius 1 is 1.18 bits per heavy atom. The largest absolute Gasteiger partial charge is 0.467 e. The van der Waals surface area contributed by atoms with E-state index in [0.717, 1.165) is 5.39 Å². The van der Waals surface area contributed by atoms with Crippen LogP contribution in [0.4, 0.5) is 0 Å². The van der Waals surface area contributed by atoms with Crippen LogP contribution in [-0.2, 0) is 16.1 Å². The standard InChI is InChI=1S/C20H19N3O5/c1-12-15-6-2-3-7-16(15)28-18(12)20(26)22-21-19(25)13-9-17(24)23(10-13)11-14-5-4-8-27-14/h2-8,13H,9-11H2,1H3,(H,21,25)(H,22,26). The summed E-state index contributed by atoms with van der Waals surface area (Å²) in [4.78, 5) is 38.4. The molecule has 28 heavy (non-hydrogen) atoms. The lowest BCUT2D eigenvalue weighted by molar-refractivity contribution is -0.129. The van der Waals surface area contributed by atoms with Gasteiger partial charge in [0, 0.05) is 23.9 Å². The fraction of sp³-hybridized carbons (Fsp3) is 0.250. The Labute approximate surface area is 160 Å². The number of nitrogens with zero attached hydrogens (tertiary/aromatic N) is 1. The van der Waals surface area contributed by atoms with Crippen molar-refractivity contribution in [3.8, 4) is 0 Å². The summed E-state index contributed by atoms with van der Waals surface area (Å²) in [6, 6.07) is 10.8. The van der Waals surface area contributed by atoms with E-state index in [1.807, 2.05) is 18.2 Å². The van der Waals surface area contributed by atoms with E-state index in [1.165, 1.54) is 6.26 Å². The number of hydrogen-bond donors (Lipinski definition) is 2. The molecule has 1 saturated heterocycles. The molecular formula is C20H19N3O5. The smallest absolute Gasteiger partial charge is 0.305 e. The van der Waals surface area contributed by atoms with Gasteiger partial charge in [-0.05, 0) is 25.1 Å². The number of hydrogen-bond acceptors (Lipinski definition) is 5. The van der Waals surface area contributed by atoms with Crippen molar-refractivity contribution in [3.05, 3.63) is 59.7 Å². The van der Waals surface area contributed by atoms with Gasteiger partial charge < -0.3 is 13.7 Å². The number of carbonyl (C=O) groups excluding carboxylic acids is 3. The number of rotatable bonds is 4. The zero-order valence-corrected chi connectivity index (χ0v) is 15.2. The zero-order chi connectivity index (χ0) is 19.7. The van der Waals surface area contributed by atoms with Gasteiger partial charge >= 0.3 is 5.91 Å². The number of carbonyl (C=O) groups is 3. The maximum absolute atomic E-state index is 12.4. The maximum Gasteiger partial charge on any atom is 0.305 e. The molecule has 1 fully saturated rings. The summed E-state index contributed by atoms with van der Waals surface area (Å²) in [7, 11) is 0. The number of benzene rings is 1. The minimum Gasteiger partial charge on any atom is -0.467 e. The van der Waals surface area contributed by atoms with Crippen LogP contribution in [0.5, 0.6) is 0 Å². The monoisotopic (exact) mass is 381 g/mol. The fourth-order valence-electron chi connectivity index (χ4n) is 3.36. The van der Waals surface area contributed by atoms with E-state index in [9.17, 15) is 14.4 Å². The first-order chi connectivity index (χ1) is 13.5. The third-order valence-electron chi connectivity index (χ3n) is 4.86. The van der Waals surface area contributed by atoms with Gasteiger partial charge in [-0.1, -0.05) is 18.2 Å². The van der Waals surface area contributed by atoms with Crippen molar-refractivity contribution in [1.29, 1.82) is 0 Å². The van der Waals surface area contributed by atoms with Crippen LogP contribution >= 0.6 is 0 Å². The van der Waals surface area contributed by atoms with Gasteiger partial charge in [0.2, 0.25) is 11.8 Å². The fourth-order valence-corrected chi connectivity index (χ4v) is 3.36. The van der Waals surface area contributed by atoms with E-state index in [1.54, 1.807) is 30.0 Å². The van der Waals surface area contributed by atoms with Gasteiger partial charge in [0.15, 0.2) is 5.76 Å². The van der Waals surface area contributed by atoms with E-state index in [4.69, 9.17) is 8.83 Å². The van der Waals surface area contributed by atoms with E-state index in [0.29, 0.717) is 23.5 Å². The summed E-state index contributed by atoms with van der Waals surface area (Å²) in [6.45, 7) is 2.37. The SMILES string of the molecule is Cc1c(C(=O)NNC(=O)C2CC(=O)N(Cc3ccco3)C2)oc2ccccc12. The maximum atomic E-state index is 12.4. The number of nitrogens with one attached hydrogen (secondary N) is 2. The van der Waals surface area contributed by atoms with Gasteiger partial charge in [-0.3, -0.25) is 25.2 Å². The molecule has 1 unspecified atom stereocenters. The Bertz CT molecular complexity index is 1040. The minimum atomic E-state index is -0.543. The predicted octanol–water partition coefficient (Wildman–Crippen LogP) is 2.14. The lowest BCUT2D eigenvalue weighted by Gasteiger charge is -2.15. The van der Waals surface area contributed by atoms with Gasteiger partial charge in [0.25, 0.3) is 0 Å². The molecule has 0 bridgehead atoms. The molecule has 1 aliphatic heterocycles. The Kier molecular flexibility index (Phi) is 4.60. The number of fused-ring (bicyclic) bond motifs is 1. The van der Waals surface area contributed by atoms with Crippen LogP contribution in [0.1, 0.15) is 28.3 Å². The first-order valence-corrected chi connectivity index (χ1v) is 8.91. The Hall–Kier alpha value is -3.55. The van der Waals surface area contributed by atoms with Crippen molar-refractivity contribution in [2.75, 3.05) is 6.54 Å². The average Bonchev–Trinajstić information content (AvgIpc) is 3.41. The van der Waals surface area contributed by atoms with E-state index >= 15 is 0 Å². The second-order valence-electron chi connectivity index (χ2n) is 6.75. The number of likely N-dealkylation sites (tertiary alicyclic amines) is 1. The number of furan rings is 2. The van der Waals surface area contributed by atoms with Crippen molar-refractivity contribution in [2.45, 2.75) is 19.9 Å². The van der Waals surface area contributed by atoms with Crippen LogP contribution in [0.25, 0.3) is 11.0 Å². The van der Waals surface area contributed by atoms with E-state index in [2.05, 4.69) is 10.9 Å². The Morgan fingerprint density at radius 3 is 2.75 bits per heavy atom. The molecule has 0 aliphatic carbocycles. The molecule has 8 heteroatoms. The highest BCUT2D eigenvalue weighted by molar-refractivity contribution is 6.00. The molecule has 144 valence electrons. The van der Waals surface area contributed by atoms with Crippen LogP contribution in [0.15, 0.2) is 51.5 Å². The summed E-state index contributed by atoms with van der Waals surface area (Å²) in [5.41, 5.74) is 6.07. The molecule has 2 aromatic heterocycles. The van der Waals surface area contributed by atoms with Gasteiger partial charge in [-0.2, -0.15) is 0 Å². The van der Waals surface area contributed by atoms with Crippen molar-refractivity contribution in [2.24, 2.45) is 5.92 Å². The topological polar surface area (TPSA) is 105 Å². The number of hydrazine groups is 1. The Morgan fingerprint density at radius 2 is 2.00 bits per heavy atom. The van der Waals surface area contributed by atoms with Crippen LogP contribution in [0.3, 0.4) is 0 Å². The molecular weight excluding hydrogens is 362 g/mol. The van der Waals surface area contributed by atoms with E-state index < -0.39 is 17.7 Å². The van der Waals surface area contributed by atoms with Crippen LogP contribution in [-0.4, -0.2) is 29.2 Å². The second-order valence-corrected chi connectivity index (χ2v) is 6.75. The van der Waals surface area contributed by atoms with Gasteiger partial charge in [-0.15, -0.1) is 0 Å². The molecule has 1 aromatic carbocycles. The molecule has 3 amide bonds. The quantitative estimate of drug-likeness (QED) is 0.674. The van der Waals surface area contributed by atoms with Gasteiger partial charge in [-0.25, -0.2) is 0 Å². The lowest BCUT2D eigenvalue weighted by Crippen LogP contribution is -2.45. The lowest BCUT2D eigenvalue weighted by atomic mass is 10.1. The van der Waals surface area contributed by atoms with Crippen LogP contribution in [0.2, 0.25) is 0 Å². The molecule has 2 N–H and O–H groups in total. The van der Waals surface area contributed by atoms with Crippen LogP contribution in [0, 0.1) is 12.8 Å². The summed E-state index contributed by atoms with van der Waals surface area (Å²) in [5, 5.41) is 0.842. The summed E-state index contributed by atoms with van der Waals surface area (Å²) in [6.07, 6.45) is 1.63. The van der Waals surface area contributed by atoms with Gasteiger partial charge in [0.1, 0.15) is 11.3 Å². The third kappa shape index (κ3) is 3.36. The molecule has 3 heterocycles. The molecule has 0 saturated carbocycles. The van der Waals surface area contributed by atoms with Gasteiger partial charge in [0.05, 0.1) is 18.7 Å². The first-order valence-electron chi connectivity index (χ1n) is 8.91. The first kappa shape index (κ1) is 17.8. The number of amides is 3. The molecule has 1 atom stereocenters. The molecule has 4 rings (SSSR count). The third-order valence-corrected chi connectivity index (χ3v) is 4.86. The van der Waals surface area contributed by atoms with Crippen molar-refractivity contribution in [3.63, 3.8) is 0 Å². The highest BCUT2D eigenvalue weighted by atomic mass is 16.3. The summed E-state index contributed by atoms with van der Waals surface area (Å²) in [5.74, 6) is -0.835. The van der Waals surface area contributed by atoms with E-state index in [-0.39, 0.29) is 24.6 Å². The number of para-hydroxylation sites is 1. The van der Waals surface area contributed by atoms with Crippen molar-refractivity contribution in [1.82, 2.24) is 15.8 Å². The molecule has 8 nitrogen and oxygen atoms in total. The second kappa shape index (κ2) is 7.22. The normalized spacial score (nSPS) is 16.5. The average molecular weight is 381 g/mol. The van der Waals surface area contributed by atoms with Crippen molar-refractivity contribution < 1.29 is 23.2 Å². The zero-order valence-electron chi connectivity index (χ0n) is 15.2. The van der Waals surface area contributed by atoms with Crippen LogP contribution < -0.4 is 10.9 Å². The highest BCUT2D eigenvalue weighted by Gasteiger charge is 2.35. The predicted molar refractivity (Wildman–Crippen MR) is 98.8 cm³/mol. The Balaban J connectivity index is 1.35. The molecule has 0 radical (unpaired) electrons. The molecule has 1 aliphatic rings.